The van der Waals surface area contributed by atoms with Crippen LogP contribution in [0.4, 0.5) is 0 Å². The first kappa shape index (κ1) is 19.6. The number of carbonyl (C=O) groups is 1. The SMILES string of the molecule is COc1cccc(C2=NN(C(=O)CN3CCCCC3)[C@@H](c3ccc(C)cc3)C2)c1. The molecule has 0 aromatic heterocycles. The molecule has 29 heavy (non-hydrogen) atoms. The van der Waals surface area contributed by atoms with Gasteiger partial charge in [0.05, 0.1) is 25.4 Å². The van der Waals surface area contributed by atoms with Gasteiger partial charge in [-0.1, -0.05) is 48.4 Å². The van der Waals surface area contributed by atoms with Gasteiger partial charge in [-0.15, -0.1) is 0 Å². The van der Waals surface area contributed by atoms with Gasteiger partial charge in [-0.05, 0) is 50.6 Å². The third kappa shape index (κ3) is 4.51. The monoisotopic (exact) mass is 391 g/mol. The molecule has 0 radical (unpaired) electrons. The summed E-state index contributed by atoms with van der Waals surface area (Å²) < 4.78 is 5.37. The van der Waals surface area contributed by atoms with Crippen LogP contribution in [0.2, 0.25) is 0 Å². The normalized spacial score (nSPS) is 19.9. The summed E-state index contributed by atoms with van der Waals surface area (Å²) in [6.07, 6.45) is 4.32. The third-order valence-electron chi connectivity index (χ3n) is 5.84. The molecule has 0 bridgehead atoms. The number of hydrogen-bond acceptors (Lipinski definition) is 4. The molecule has 0 spiro atoms. The molecule has 1 saturated heterocycles. The van der Waals surface area contributed by atoms with Crippen LogP contribution in [0.5, 0.6) is 5.75 Å². The van der Waals surface area contributed by atoms with E-state index in [-0.39, 0.29) is 11.9 Å². The molecule has 2 heterocycles. The summed E-state index contributed by atoms with van der Waals surface area (Å²) in [7, 11) is 1.67. The van der Waals surface area contributed by atoms with Crippen LogP contribution in [0.15, 0.2) is 53.6 Å². The Labute approximate surface area is 173 Å². The lowest BCUT2D eigenvalue weighted by Gasteiger charge is -2.29. The number of nitrogens with zero attached hydrogens (tertiary/aromatic N) is 3. The highest BCUT2D eigenvalue weighted by molar-refractivity contribution is 6.03. The van der Waals surface area contributed by atoms with E-state index in [2.05, 4.69) is 36.1 Å². The summed E-state index contributed by atoms with van der Waals surface area (Å²) in [5.41, 5.74) is 4.28. The summed E-state index contributed by atoms with van der Waals surface area (Å²) in [5, 5.41) is 6.51. The van der Waals surface area contributed by atoms with Crippen molar-refractivity contribution in [3.8, 4) is 5.75 Å². The van der Waals surface area contributed by atoms with E-state index in [9.17, 15) is 4.79 Å². The molecule has 1 amide bonds. The van der Waals surface area contributed by atoms with Crippen molar-refractivity contribution in [2.75, 3.05) is 26.7 Å². The van der Waals surface area contributed by atoms with E-state index in [1.807, 2.05) is 24.3 Å². The van der Waals surface area contributed by atoms with E-state index in [4.69, 9.17) is 9.84 Å². The van der Waals surface area contributed by atoms with Gasteiger partial charge in [0.1, 0.15) is 5.75 Å². The van der Waals surface area contributed by atoms with Gasteiger partial charge in [0.2, 0.25) is 0 Å². The van der Waals surface area contributed by atoms with Gasteiger partial charge in [-0.2, -0.15) is 5.10 Å². The Bertz CT molecular complexity index is 885. The number of aryl methyl sites for hydroxylation is 1. The molecule has 0 saturated carbocycles. The highest BCUT2D eigenvalue weighted by Crippen LogP contribution is 2.33. The van der Waals surface area contributed by atoms with Crippen molar-refractivity contribution >= 4 is 11.6 Å². The number of methoxy groups -OCH3 is 1. The van der Waals surface area contributed by atoms with Gasteiger partial charge >= 0.3 is 0 Å². The Morgan fingerprint density at radius 1 is 1.10 bits per heavy atom. The number of hydrazone groups is 1. The van der Waals surface area contributed by atoms with Crippen LogP contribution < -0.4 is 4.74 Å². The highest BCUT2D eigenvalue weighted by atomic mass is 16.5. The molecule has 1 atom stereocenters. The van der Waals surface area contributed by atoms with Crippen molar-refractivity contribution in [3.05, 3.63) is 65.2 Å². The number of likely N-dealkylation sites (tertiary alicyclic amines) is 1. The molecule has 5 heteroatoms. The average molecular weight is 392 g/mol. The van der Waals surface area contributed by atoms with E-state index in [1.54, 1.807) is 12.1 Å². The van der Waals surface area contributed by atoms with Crippen LogP contribution in [0.3, 0.4) is 0 Å². The van der Waals surface area contributed by atoms with E-state index in [1.165, 1.54) is 24.8 Å². The Morgan fingerprint density at radius 3 is 2.59 bits per heavy atom. The summed E-state index contributed by atoms with van der Waals surface area (Å²) in [5.74, 6) is 0.880. The maximum Gasteiger partial charge on any atom is 0.257 e. The maximum atomic E-state index is 13.2. The Morgan fingerprint density at radius 2 is 1.86 bits per heavy atom. The fraction of sp³-hybridized carbons (Fsp3) is 0.417. The Balaban J connectivity index is 1.61. The van der Waals surface area contributed by atoms with Crippen molar-refractivity contribution in [3.63, 3.8) is 0 Å². The molecule has 5 nitrogen and oxygen atoms in total. The number of carbonyl (C=O) groups excluding carboxylic acids is 1. The van der Waals surface area contributed by atoms with Gasteiger partial charge in [-0.3, -0.25) is 9.69 Å². The second-order valence-corrected chi connectivity index (χ2v) is 7.98. The van der Waals surface area contributed by atoms with Crippen LogP contribution in [0.25, 0.3) is 0 Å². The first-order valence-corrected chi connectivity index (χ1v) is 10.5. The summed E-state index contributed by atoms with van der Waals surface area (Å²) in [6, 6.07) is 16.3. The Kier molecular flexibility index (Phi) is 5.95. The minimum Gasteiger partial charge on any atom is -0.497 e. The number of ether oxygens (including phenoxy) is 1. The minimum absolute atomic E-state index is 0.0610. The van der Waals surface area contributed by atoms with Crippen molar-refractivity contribution in [1.82, 2.24) is 9.91 Å². The largest absolute Gasteiger partial charge is 0.497 e. The second-order valence-electron chi connectivity index (χ2n) is 7.98. The van der Waals surface area contributed by atoms with Crippen molar-refractivity contribution in [2.45, 2.75) is 38.6 Å². The Hall–Kier alpha value is -2.66. The van der Waals surface area contributed by atoms with E-state index in [0.29, 0.717) is 13.0 Å². The zero-order chi connectivity index (χ0) is 20.2. The zero-order valence-corrected chi connectivity index (χ0v) is 17.3. The predicted octanol–water partition coefficient (Wildman–Crippen LogP) is 4.17. The lowest BCUT2D eigenvalue weighted by atomic mass is 9.97. The lowest BCUT2D eigenvalue weighted by molar-refractivity contribution is -0.134. The number of piperidine rings is 1. The molecule has 4 rings (SSSR count). The van der Waals surface area contributed by atoms with Gasteiger partial charge in [0.25, 0.3) is 5.91 Å². The molecule has 2 aliphatic heterocycles. The summed E-state index contributed by atoms with van der Waals surface area (Å²) in [6.45, 7) is 4.52. The number of hydrogen-bond donors (Lipinski definition) is 0. The van der Waals surface area contributed by atoms with Crippen LogP contribution in [-0.4, -0.2) is 48.3 Å². The fourth-order valence-electron chi connectivity index (χ4n) is 4.15. The quantitative estimate of drug-likeness (QED) is 0.769. The summed E-state index contributed by atoms with van der Waals surface area (Å²) >= 11 is 0. The van der Waals surface area contributed by atoms with Crippen molar-refractivity contribution < 1.29 is 9.53 Å². The first-order valence-electron chi connectivity index (χ1n) is 10.5. The first-order chi connectivity index (χ1) is 14.1. The lowest BCUT2D eigenvalue weighted by Crippen LogP contribution is -2.40. The van der Waals surface area contributed by atoms with Gasteiger partial charge in [0.15, 0.2) is 0 Å². The minimum atomic E-state index is -0.0610. The zero-order valence-electron chi connectivity index (χ0n) is 17.3. The number of rotatable bonds is 5. The van der Waals surface area contributed by atoms with Crippen LogP contribution in [0, 0.1) is 6.92 Å². The molecular weight excluding hydrogens is 362 g/mol. The fourth-order valence-corrected chi connectivity index (χ4v) is 4.15. The summed E-state index contributed by atoms with van der Waals surface area (Å²) in [4.78, 5) is 15.5. The topological polar surface area (TPSA) is 45.1 Å². The van der Waals surface area contributed by atoms with Gasteiger partial charge in [-0.25, -0.2) is 5.01 Å². The van der Waals surface area contributed by atoms with Gasteiger partial charge < -0.3 is 4.74 Å². The molecule has 152 valence electrons. The molecule has 1 fully saturated rings. The van der Waals surface area contributed by atoms with Crippen LogP contribution >= 0.6 is 0 Å². The van der Waals surface area contributed by atoms with Gasteiger partial charge in [0, 0.05) is 12.0 Å². The smallest absolute Gasteiger partial charge is 0.257 e. The third-order valence-corrected chi connectivity index (χ3v) is 5.84. The molecule has 0 unspecified atom stereocenters. The molecular formula is C24H29N3O2. The number of amides is 1. The standard InChI is InChI=1S/C24H29N3O2/c1-18-9-11-19(12-10-18)23-16-22(20-7-6-8-21(15-20)29-2)25-27(23)24(28)17-26-13-4-3-5-14-26/h6-12,15,23H,3-5,13-14,16-17H2,1-2H3/t23-/m1/s1. The van der Waals surface area contributed by atoms with Crippen molar-refractivity contribution in [2.24, 2.45) is 5.10 Å². The van der Waals surface area contributed by atoms with E-state index >= 15 is 0 Å². The van der Waals surface area contributed by atoms with Crippen LogP contribution in [-0.2, 0) is 4.79 Å². The van der Waals surface area contributed by atoms with Crippen molar-refractivity contribution in [1.29, 1.82) is 0 Å². The van der Waals surface area contributed by atoms with E-state index < -0.39 is 0 Å². The molecule has 2 aromatic carbocycles. The second kappa shape index (κ2) is 8.78. The maximum absolute atomic E-state index is 13.2. The number of benzene rings is 2. The molecule has 0 N–H and O–H groups in total. The predicted molar refractivity (Wildman–Crippen MR) is 115 cm³/mol. The molecule has 0 aliphatic carbocycles. The van der Waals surface area contributed by atoms with Crippen LogP contribution in [0.1, 0.15) is 48.4 Å². The molecule has 2 aliphatic rings. The highest BCUT2D eigenvalue weighted by Gasteiger charge is 2.33. The van der Waals surface area contributed by atoms with E-state index in [0.717, 1.165) is 35.7 Å². The average Bonchev–Trinajstić information content (AvgIpc) is 3.21. The molecule has 2 aromatic rings.